The van der Waals surface area contributed by atoms with E-state index in [4.69, 9.17) is 5.73 Å². The maximum absolute atomic E-state index is 11.1. The third-order valence-electron chi connectivity index (χ3n) is 4.21. The molecule has 1 aliphatic heterocycles. The van der Waals surface area contributed by atoms with E-state index in [9.17, 15) is 4.79 Å². The van der Waals surface area contributed by atoms with Crippen LogP contribution in [0.4, 0.5) is 0 Å². The highest BCUT2D eigenvalue weighted by Crippen LogP contribution is 2.40. The molecule has 0 aliphatic carbocycles. The molecule has 0 aromatic rings. The van der Waals surface area contributed by atoms with E-state index >= 15 is 0 Å². The van der Waals surface area contributed by atoms with Crippen LogP contribution in [0.5, 0.6) is 0 Å². The maximum Gasteiger partial charge on any atom is 0.244 e. The van der Waals surface area contributed by atoms with Gasteiger partial charge in [-0.3, -0.25) is 9.69 Å². The smallest absolute Gasteiger partial charge is 0.244 e. The third kappa shape index (κ3) is 3.09. The molecular formula is C14H26N2O. The second-order valence-corrected chi connectivity index (χ2v) is 6.57. The number of carbonyl (C=O) groups is 1. The lowest BCUT2D eigenvalue weighted by Crippen LogP contribution is -2.58. The van der Waals surface area contributed by atoms with Crippen LogP contribution in [0, 0.1) is 5.92 Å². The Morgan fingerprint density at radius 2 is 1.65 bits per heavy atom. The first-order valence-electron chi connectivity index (χ1n) is 6.28. The Kier molecular flexibility index (Phi) is 3.72. The minimum absolute atomic E-state index is 0.154. The SMILES string of the molecule is CC(=CC1CC(C)(C)N(C)C(C)(C)C1)C(N)=O. The summed E-state index contributed by atoms with van der Waals surface area (Å²) in [6, 6.07) is 0. The molecule has 0 spiro atoms. The molecule has 1 heterocycles. The highest BCUT2D eigenvalue weighted by molar-refractivity contribution is 5.91. The standard InChI is InChI=1S/C14H26N2O/c1-10(12(15)17)7-11-8-13(2,3)16(6)14(4,5)9-11/h7,11H,8-9H2,1-6H3,(H2,15,17). The van der Waals surface area contributed by atoms with E-state index < -0.39 is 0 Å². The van der Waals surface area contributed by atoms with Crippen LogP contribution < -0.4 is 5.73 Å². The lowest BCUT2D eigenvalue weighted by atomic mass is 9.73. The lowest BCUT2D eigenvalue weighted by Gasteiger charge is -2.53. The minimum Gasteiger partial charge on any atom is -0.366 e. The van der Waals surface area contributed by atoms with Crippen molar-refractivity contribution in [1.82, 2.24) is 4.90 Å². The highest BCUT2D eigenvalue weighted by atomic mass is 16.1. The Hall–Kier alpha value is -0.830. The van der Waals surface area contributed by atoms with Crippen LogP contribution in [0.2, 0.25) is 0 Å². The monoisotopic (exact) mass is 238 g/mol. The molecule has 0 unspecified atom stereocenters. The number of rotatable bonds is 2. The molecule has 1 rings (SSSR count). The van der Waals surface area contributed by atoms with Gasteiger partial charge in [0.2, 0.25) is 5.91 Å². The zero-order valence-corrected chi connectivity index (χ0v) is 12.0. The topological polar surface area (TPSA) is 46.3 Å². The van der Waals surface area contributed by atoms with Crippen LogP contribution >= 0.6 is 0 Å². The van der Waals surface area contributed by atoms with Crippen molar-refractivity contribution in [3.8, 4) is 0 Å². The van der Waals surface area contributed by atoms with Gasteiger partial charge < -0.3 is 5.73 Å². The molecule has 0 aromatic heterocycles. The Morgan fingerprint density at radius 3 is 2.00 bits per heavy atom. The summed E-state index contributed by atoms with van der Waals surface area (Å²) >= 11 is 0. The Bertz CT molecular complexity index is 324. The third-order valence-corrected chi connectivity index (χ3v) is 4.21. The van der Waals surface area contributed by atoms with Crippen LogP contribution in [-0.2, 0) is 4.79 Å². The van der Waals surface area contributed by atoms with E-state index in [1.165, 1.54) is 0 Å². The number of hydrogen-bond acceptors (Lipinski definition) is 2. The second kappa shape index (κ2) is 4.45. The summed E-state index contributed by atoms with van der Waals surface area (Å²) in [6.07, 6.45) is 4.19. The van der Waals surface area contributed by atoms with E-state index in [0.29, 0.717) is 11.5 Å². The fourth-order valence-electron chi connectivity index (χ4n) is 3.00. The van der Waals surface area contributed by atoms with E-state index in [2.05, 4.69) is 45.7 Å². The fourth-order valence-corrected chi connectivity index (χ4v) is 3.00. The van der Waals surface area contributed by atoms with Crippen LogP contribution in [0.15, 0.2) is 11.6 Å². The molecule has 1 amide bonds. The number of allylic oxidation sites excluding steroid dienone is 1. The summed E-state index contributed by atoms with van der Waals surface area (Å²) in [6.45, 7) is 10.8. The fraction of sp³-hybridized carbons (Fsp3) is 0.786. The molecule has 1 fully saturated rings. The van der Waals surface area contributed by atoms with Gasteiger partial charge in [-0.25, -0.2) is 0 Å². The molecule has 1 saturated heterocycles. The zero-order chi connectivity index (χ0) is 13.4. The molecule has 17 heavy (non-hydrogen) atoms. The molecule has 98 valence electrons. The largest absolute Gasteiger partial charge is 0.366 e. The number of piperidine rings is 1. The van der Waals surface area contributed by atoms with Crippen molar-refractivity contribution in [1.29, 1.82) is 0 Å². The predicted molar refractivity (Wildman–Crippen MR) is 71.6 cm³/mol. The number of nitrogens with two attached hydrogens (primary N) is 1. The first-order chi connectivity index (χ1) is 7.56. The first-order valence-corrected chi connectivity index (χ1v) is 6.28. The molecule has 2 N–H and O–H groups in total. The van der Waals surface area contributed by atoms with E-state index in [0.717, 1.165) is 12.8 Å². The van der Waals surface area contributed by atoms with Gasteiger partial charge in [-0.05, 0) is 60.4 Å². The zero-order valence-electron chi connectivity index (χ0n) is 12.0. The second-order valence-electron chi connectivity index (χ2n) is 6.57. The van der Waals surface area contributed by atoms with Crippen molar-refractivity contribution in [2.24, 2.45) is 11.7 Å². The number of carbonyl (C=O) groups excluding carboxylic acids is 1. The van der Waals surface area contributed by atoms with E-state index in [1.807, 2.05) is 0 Å². The van der Waals surface area contributed by atoms with Crippen molar-refractivity contribution >= 4 is 5.91 Å². The normalized spacial score (nSPS) is 25.9. The Balaban J connectivity index is 2.93. The Labute approximate surface area is 105 Å². The van der Waals surface area contributed by atoms with Crippen LogP contribution in [0.3, 0.4) is 0 Å². The van der Waals surface area contributed by atoms with Gasteiger partial charge >= 0.3 is 0 Å². The maximum atomic E-state index is 11.1. The van der Waals surface area contributed by atoms with Gasteiger partial charge in [-0.15, -0.1) is 0 Å². The average molecular weight is 238 g/mol. The van der Waals surface area contributed by atoms with Gasteiger partial charge in [0.25, 0.3) is 0 Å². The summed E-state index contributed by atoms with van der Waals surface area (Å²) in [7, 11) is 2.18. The predicted octanol–water partition coefficient (Wildman–Crippen LogP) is 2.32. The number of amides is 1. The number of likely N-dealkylation sites (tertiary alicyclic amines) is 1. The van der Waals surface area contributed by atoms with Crippen molar-refractivity contribution in [2.45, 2.75) is 58.5 Å². The van der Waals surface area contributed by atoms with Crippen molar-refractivity contribution in [3.05, 3.63) is 11.6 Å². The van der Waals surface area contributed by atoms with Crippen LogP contribution in [0.25, 0.3) is 0 Å². The summed E-state index contributed by atoms with van der Waals surface area (Å²) in [5.41, 5.74) is 6.29. The average Bonchev–Trinajstić information content (AvgIpc) is 2.12. The summed E-state index contributed by atoms with van der Waals surface area (Å²) in [5, 5.41) is 0. The van der Waals surface area contributed by atoms with Gasteiger partial charge in [-0.2, -0.15) is 0 Å². The first kappa shape index (κ1) is 14.2. The van der Waals surface area contributed by atoms with Crippen molar-refractivity contribution in [3.63, 3.8) is 0 Å². The molecule has 0 aromatic carbocycles. The van der Waals surface area contributed by atoms with Gasteiger partial charge in [0.05, 0.1) is 0 Å². The summed E-state index contributed by atoms with van der Waals surface area (Å²) < 4.78 is 0. The Morgan fingerprint density at radius 1 is 1.24 bits per heavy atom. The molecule has 1 aliphatic rings. The molecule has 0 saturated carbocycles. The van der Waals surface area contributed by atoms with Gasteiger partial charge in [0.1, 0.15) is 0 Å². The van der Waals surface area contributed by atoms with Crippen molar-refractivity contribution < 1.29 is 4.79 Å². The number of nitrogens with zero attached hydrogens (tertiary/aromatic N) is 1. The molecule has 3 nitrogen and oxygen atoms in total. The molecular weight excluding hydrogens is 212 g/mol. The highest BCUT2D eigenvalue weighted by Gasteiger charge is 2.42. The molecule has 0 radical (unpaired) electrons. The molecule has 3 heteroatoms. The van der Waals surface area contributed by atoms with Crippen LogP contribution in [0.1, 0.15) is 47.5 Å². The van der Waals surface area contributed by atoms with Crippen molar-refractivity contribution in [2.75, 3.05) is 7.05 Å². The van der Waals surface area contributed by atoms with E-state index in [-0.39, 0.29) is 17.0 Å². The van der Waals surface area contributed by atoms with Gasteiger partial charge in [0, 0.05) is 16.7 Å². The van der Waals surface area contributed by atoms with Crippen LogP contribution in [-0.4, -0.2) is 28.9 Å². The van der Waals surface area contributed by atoms with Gasteiger partial charge in [-0.1, -0.05) is 6.08 Å². The van der Waals surface area contributed by atoms with E-state index in [1.54, 1.807) is 6.92 Å². The summed E-state index contributed by atoms with van der Waals surface area (Å²) in [5.74, 6) is 0.128. The molecule has 0 bridgehead atoms. The lowest BCUT2D eigenvalue weighted by molar-refractivity contribution is -0.114. The number of primary amides is 1. The quantitative estimate of drug-likeness (QED) is 0.750. The minimum atomic E-state index is -0.306. The van der Waals surface area contributed by atoms with Gasteiger partial charge in [0.15, 0.2) is 0 Å². The summed E-state index contributed by atoms with van der Waals surface area (Å²) in [4.78, 5) is 13.5. The number of hydrogen-bond donors (Lipinski definition) is 1. The molecule has 0 atom stereocenters.